The topological polar surface area (TPSA) is 84.5 Å². The van der Waals surface area contributed by atoms with Gasteiger partial charge in [0.2, 0.25) is 0 Å². The summed E-state index contributed by atoms with van der Waals surface area (Å²) in [6.45, 7) is 2.42. The molecule has 1 aliphatic heterocycles. The Morgan fingerprint density at radius 1 is 0.914 bits per heavy atom. The summed E-state index contributed by atoms with van der Waals surface area (Å²) in [5, 5.41) is 12.0. The Labute approximate surface area is 210 Å². The van der Waals surface area contributed by atoms with Gasteiger partial charge in [-0.05, 0) is 39.2 Å². The van der Waals surface area contributed by atoms with E-state index in [0.29, 0.717) is 47.5 Å². The van der Waals surface area contributed by atoms with Crippen molar-refractivity contribution in [1.29, 1.82) is 0 Å². The Hall–Kier alpha value is -3.56. The number of halogens is 1. The molecule has 0 spiro atoms. The molecule has 35 heavy (non-hydrogen) atoms. The largest absolute Gasteiger partial charge is 0.361 e. The monoisotopic (exact) mass is 533 g/mol. The third kappa shape index (κ3) is 4.33. The van der Waals surface area contributed by atoms with Crippen molar-refractivity contribution in [3.05, 3.63) is 109 Å². The van der Waals surface area contributed by atoms with Gasteiger partial charge in [-0.25, -0.2) is 4.98 Å². The SMILES string of the molecule is Cn1c(=O)c([N+](=O)[O-])c(N2CCN(C(c3ccccc3)c3ccccc3)CC2)c2nc(Br)ccc21. The van der Waals surface area contributed by atoms with Gasteiger partial charge in [0.05, 0.1) is 16.5 Å². The molecule has 0 atom stereocenters. The maximum Gasteiger partial charge on any atom is 0.359 e. The van der Waals surface area contributed by atoms with Gasteiger partial charge in [-0.3, -0.25) is 19.8 Å². The number of hydrogen-bond donors (Lipinski definition) is 0. The summed E-state index contributed by atoms with van der Waals surface area (Å²) in [6.07, 6.45) is 0. The summed E-state index contributed by atoms with van der Waals surface area (Å²) in [5.41, 5.74) is 2.64. The first-order valence-corrected chi connectivity index (χ1v) is 12.2. The number of nitro groups is 1. The molecule has 9 heteroatoms. The van der Waals surface area contributed by atoms with E-state index in [-0.39, 0.29) is 6.04 Å². The zero-order chi connectivity index (χ0) is 24.5. The Morgan fingerprint density at radius 2 is 1.49 bits per heavy atom. The molecule has 3 heterocycles. The van der Waals surface area contributed by atoms with E-state index in [1.54, 1.807) is 19.2 Å². The minimum absolute atomic E-state index is 0.0715. The van der Waals surface area contributed by atoms with Gasteiger partial charge in [0.15, 0.2) is 5.69 Å². The molecule has 178 valence electrons. The van der Waals surface area contributed by atoms with E-state index in [1.165, 1.54) is 15.7 Å². The number of aryl methyl sites for hydroxylation is 1. The summed E-state index contributed by atoms with van der Waals surface area (Å²) in [4.78, 5) is 33.3. The molecule has 0 N–H and O–H groups in total. The average molecular weight is 534 g/mol. The lowest BCUT2D eigenvalue weighted by atomic mass is 9.96. The van der Waals surface area contributed by atoms with Crippen molar-refractivity contribution in [3.63, 3.8) is 0 Å². The first-order valence-electron chi connectivity index (χ1n) is 11.4. The summed E-state index contributed by atoms with van der Waals surface area (Å²) >= 11 is 3.38. The number of benzene rings is 2. The Kier molecular flexibility index (Phi) is 6.36. The second kappa shape index (κ2) is 9.59. The predicted molar refractivity (Wildman–Crippen MR) is 140 cm³/mol. The van der Waals surface area contributed by atoms with Crippen LogP contribution >= 0.6 is 15.9 Å². The molecule has 5 rings (SSSR count). The molecular weight excluding hydrogens is 510 g/mol. The zero-order valence-corrected chi connectivity index (χ0v) is 20.8. The third-order valence-corrected chi connectivity index (χ3v) is 7.01. The number of nitrogens with zero attached hydrogens (tertiary/aromatic N) is 5. The highest BCUT2D eigenvalue weighted by molar-refractivity contribution is 9.10. The molecule has 0 unspecified atom stereocenters. The van der Waals surface area contributed by atoms with E-state index in [2.05, 4.69) is 50.1 Å². The Balaban J connectivity index is 1.53. The Bertz CT molecular complexity index is 1400. The van der Waals surface area contributed by atoms with Crippen LogP contribution in [0.3, 0.4) is 0 Å². The van der Waals surface area contributed by atoms with Crippen LogP contribution in [0.2, 0.25) is 0 Å². The summed E-state index contributed by atoms with van der Waals surface area (Å²) in [5.74, 6) is 0. The number of pyridine rings is 2. The van der Waals surface area contributed by atoms with Crippen LogP contribution in [0, 0.1) is 10.1 Å². The molecule has 0 radical (unpaired) electrons. The van der Waals surface area contributed by atoms with E-state index < -0.39 is 16.2 Å². The van der Waals surface area contributed by atoms with Crippen LogP contribution in [0.5, 0.6) is 0 Å². The van der Waals surface area contributed by atoms with E-state index in [4.69, 9.17) is 0 Å². The molecule has 0 aliphatic carbocycles. The minimum atomic E-state index is -0.629. The number of rotatable bonds is 5. The molecule has 0 amide bonds. The van der Waals surface area contributed by atoms with Gasteiger partial charge in [0.1, 0.15) is 10.1 Å². The molecule has 0 saturated carbocycles. The van der Waals surface area contributed by atoms with Crippen LogP contribution in [-0.4, -0.2) is 45.6 Å². The summed E-state index contributed by atoms with van der Waals surface area (Å²) in [7, 11) is 1.54. The zero-order valence-electron chi connectivity index (χ0n) is 19.2. The van der Waals surface area contributed by atoms with Crippen LogP contribution in [0.1, 0.15) is 17.2 Å². The van der Waals surface area contributed by atoms with E-state index in [1.807, 2.05) is 41.3 Å². The summed E-state index contributed by atoms with van der Waals surface area (Å²) < 4.78 is 1.86. The lowest BCUT2D eigenvalue weighted by molar-refractivity contribution is -0.385. The molecule has 1 saturated heterocycles. The molecule has 1 aliphatic rings. The van der Waals surface area contributed by atoms with Crippen LogP contribution in [0.4, 0.5) is 11.4 Å². The quantitative estimate of drug-likeness (QED) is 0.213. The molecule has 0 bridgehead atoms. The number of anilines is 1. The smallest absolute Gasteiger partial charge is 0.359 e. The molecule has 2 aromatic heterocycles. The molecule has 1 fully saturated rings. The first-order chi connectivity index (χ1) is 17.0. The highest BCUT2D eigenvalue weighted by atomic mass is 79.9. The molecular formula is C26H24BrN5O3. The van der Waals surface area contributed by atoms with Crippen molar-refractivity contribution >= 4 is 38.3 Å². The fourth-order valence-corrected chi connectivity index (χ4v) is 5.22. The highest BCUT2D eigenvalue weighted by Gasteiger charge is 2.33. The van der Waals surface area contributed by atoms with Crippen molar-refractivity contribution in [2.45, 2.75) is 6.04 Å². The van der Waals surface area contributed by atoms with Crippen LogP contribution < -0.4 is 10.5 Å². The van der Waals surface area contributed by atoms with E-state index >= 15 is 0 Å². The second-order valence-electron chi connectivity index (χ2n) is 8.57. The van der Waals surface area contributed by atoms with Gasteiger partial charge in [-0.15, -0.1) is 0 Å². The van der Waals surface area contributed by atoms with E-state index in [9.17, 15) is 14.9 Å². The molecule has 8 nitrogen and oxygen atoms in total. The summed E-state index contributed by atoms with van der Waals surface area (Å²) in [6, 6.07) is 24.3. The first kappa shape index (κ1) is 23.2. The lowest BCUT2D eigenvalue weighted by Gasteiger charge is -2.40. The van der Waals surface area contributed by atoms with Crippen molar-refractivity contribution < 1.29 is 4.92 Å². The van der Waals surface area contributed by atoms with Crippen molar-refractivity contribution in [2.75, 3.05) is 31.1 Å². The fourth-order valence-electron chi connectivity index (χ4n) is 4.91. The third-order valence-electron chi connectivity index (χ3n) is 6.57. The van der Waals surface area contributed by atoms with Gasteiger partial charge < -0.3 is 9.47 Å². The van der Waals surface area contributed by atoms with Gasteiger partial charge in [-0.1, -0.05) is 60.7 Å². The van der Waals surface area contributed by atoms with Crippen molar-refractivity contribution in [2.24, 2.45) is 7.05 Å². The molecule has 4 aromatic rings. The van der Waals surface area contributed by atoms with Crippen molar-refractivity contribution in [1.82, 2.24) is 14.5 Å². The maximum absolute atomic E-state index is 13.0. The van der Waals surface area contributed by atoms with Crippen molar-refractivity contribution in [3.8, 4) is 0 Å². The van der Waals surface area contributed by atoms with Crippen LogP contribution in [-0.2, 0) is 7.05 Å². The van der Waals surface area contributed by atoms with Gasteiger partial charge in [0, 0.05) is 33.2 Å². The minimum Gasteiger partial charge on any atom is -0.361 e. The van der Waals surface area contributed by atoms with E-state index in [0.717, 1.165) is 0 Å². The van der Waals surface area contributed by atoms with Gasteiger partial charge >= 0.3 is 11.2 Å². The van der Waals surface area contributed by atoms with Crippen LogP contribution in [0.15, 0.2) is 82.2 Å². The number of piperazine rings is 1. The average Bonchev–Trinajstić information content (AvgIpc) is 2.88. The molecule has 2 aromatic carbocycles. The predicted octanol–water partition coefficient (Wildman–Crippen LogP) is 4.52. The van der Waals surface area contributed by atoms with Gasteiger partial charge in [-0.2, -0.15) is 0 Å². The number of hydrogen-bond acceptors (Lipinski definition) is 6. The van der Waals surface area contributed by atoms with Gasteiger partial charge in [0.25, 0.3) is 0 Å². The number of aromatic nitrogens is 2. The second-order valence-corrected chi connectivity index (χ2v) is 9.38. The standard InChI is InChI=1S/C26H24BrN5O3/c1-29-20-12-13-21(27)28-22(20)24(25(26(29)33)32(34)35)31-16-14-30(15-17-31)23(18-8-4-2-5-9-18)19-10-6-3-7-11-19/h2-13,23H,14-17H2,1H3. The number of fused-ring (bicyclic) bond motifs is 1. The maximum atomic E-state index is 13.0. The highest BCUT2D eigenvalue weighted by Crippen LogP contribution is 2.35. The lowest BCUT2D eigenvalue weighted by Crippen LogP contribution is -2.48. The fraction of sp³-hybridized carbons (Fsp3) is 0.231. The Morgan fingerprint density at radius 3 is 2.03 bits per heavy atom. The normalized spacial score (nSPS) is 14.5. The van der Waals surface area contributed by atoms with Crippen LogP contribution in [0.25, 0.3) is 11.0 Å².